The molecule has 0 aliphatic rings. The minimum Gasteiger partial charge on any atom is -0.464 e. The number of aromatic nitrogens is 2. The van der Waals surface area contributed by atoms with Crippen LogP contribution in [0.1, 0.15) is 31.3 Å². The first kappa shape index (κ1) is 15.8. The van der Waals surface area contributed by atoms with Gasteiger partial charge in [0.2, 0.25) is 0 Å². The van der Waals surface area contributed by atoms with Crippen LogP contribution in [0.25, 0.3) is 11.4 Å². The van der Waals surface area contributed by atoms with Crippen molar-refractivity contribution in [3.05, 3.63) is 42.2 Å². The Balaban J connectivity index is 2.54. The van der Waals surface area contributed by atoms with E-state index in [-0.39, 0.29) is 5.69 Å². The zero-order chi connectivity index (χ0) is 16.3. The summed E-state index contributed by atoms with van der Waals surface area (Å²) < 4.78 is 11.3. The molecule has 0 aliphatic carbocycles. The quantitative estimate of drug-likeness (QED) is 0.797. The summed E-state index contributed by atoms with van der Waals surface area (Å²) in [5.74, 6) is -0.618. The van der Waals surface area contributed by atoms with Gasteiger partial charge in [-0.3, -0.25) is 4.98 Å². The van der Waals surface area contributed by atoms with E-state index >= 15 is 0 Å². The average molecular weight is 302 g/mol. The molecule has 0 unspecified atom stereocenters. The van der Waals surface area contributed by atoms with Crippen molar-refractivity contribution in [3.63, 3.8) is 0 Å². The van der Waals surface area contributed by atoms with Gasteiger partial charge in [-0.05, 0) is 45.0 Å². The molecule has 2 heterocycles. The highest BCUT2D eigenvalue weighted by Gasteiger charge is 2.26. The fourth-order valence-electron chi connectivity index (χ4n) is 1.92. The largest absolute Gasteiger partial charge is 0.464 e. The Bertz CT molecular complexity index is 684. The van der Waals surface area contributed by atoms with Gasteiger partial charge in [-0.15, -0.1) is 0 Å². The predicted molar refractivity (Wildman–Crippen MR) is 80.6 cm³/mol. The SMILES string of the molecule is COC(=O)c1ccc(-c2ccccn2)n1C(=O)OC(C)(C)C. The average Bonchev–Trinajstić information content (AvgIpc) is 2.90. The van der Waals surface area contributed by atoms with Crippen molar-refractivity contribution in [1.82, 2.24) is 9.55 Å². The van der Waals surface area contributed by atoms with Crippen molar-refractivity contribution < 1.29 is 19.1 Å². The maximum atomic E-state index is 12.5. The lowest BCUT2D eigenvalue weighted by atomic mass is 10.2. The van der Waals surface area contributed by atoms with Crippen LogP contribution in [0, 0.1) is 0 Å². The molecule has 22 heavy (non-hydrogen) atoms. The normalized spacial score (nSPS) is 11.1. The maximum Gasteiger partial charge on any atom is 0.419 e. The van der Waals surface area contributed by atoms with E-state index in [1.54, 1.807) is 51.2 Å². The molecule has 0 atom stereocenters. The van der Waals surface area contributed by atoms with Crippen LogP contribution in [0.5, 0.6) is 0 Å². The third kappa shape index (κ3) is 3.33. The summed E-state index contributed by atoms with van der Waals surface area (Å²) in [5, 5.41) is 0. The Kier molecular flexibility index (Phi) is 4.30. The lowest BCUT2D eigenvalue weighted by Gasteiger charge is -2.21. The molecule has 0 fully saturated rings. The van der Waals surface area contributed by atoms with E-state index in [1.165, 1.54) is 17.7 Å². The molecule has 0 aliphatic heterocycles. The molecule has 0 spiro atoms. The number of pyridine rings is 1. The summed E-state index contributed by atoms with van der Waals surface area (Å²) in [6, 6.07) is 8.47. The smallest absolute Gasteiger partial charge is 0.419 e. The molecule has 0 aromatic carbocycles. The van der Waals surface area contributed by atoms with Gasteiger partial charge in [-0.2, -0.15) is 0 Å². The van der Waals surface area contributed by atoms with Crippen molar-refractivity contribution in [2.24, 2.45) is 0 Å². The van der Waals surface area contributed by atoms with Crippen LogP contribution in [0.2, 0.25) is 0 Å². The molecule has 6 heteroatoms. The van der Waals surface area contributed by atoms with Gasteiger partial charge in [0.05, 0.1) is 18.5 Å². The summed E-state index contributed by atoms with van der Waals surface area (Å²) in [5.41, 5.74) is 0.437. The number of carbonyl (C=O) groups excluding carboxylic acids is 2. The van der Waals surface area contributed by atoms with Crippen molar-refractivity contribution in [3.8, 4) is 11.4 Å². The fraction of sp³-hybridized carbons (Fsp3) is 0.312. The van der Waals surface area contributed by atoms with Gasteiger partial charge in [-0.25, -0.2) is 14.2 Å². The third-order valence-electron chi connectivity index (χ3n) is 2.78. The Labute approximate surface area is 128 Å². The van der Waals surface area contributed by atoms with Crippen LogP contribution in [0.15, 0.2) is 36.5 Å². The van der Waals surface area contributed by atoms with E-state index in [0.717, 1.165) is 0 Å². The Morgan fingerprint density at radius 2 is 1.86 bits per heavy atom. The Morgan fingerprint density at radius 3 is 2.41 bits per heavy atom. The second-order valence-corrected chi connectivity index (χ2v) is 5.63. The van der Waals surface area contributed by atoms with E-state index < -0.39 is 17.7 Å². The van der Waals surface area contributed by atoms with Crippen LogP contribution in [0.4, 0.5) is 4.79 Å². The first-order valence-electron chi connectivity index (χ1n) is 6.78. The molecule has 2 rings (SSSR count). The molecule has 6 nitrogen and oxygen atoms in total. The first-order chi connectivity index (χ1) is 10.3. The number of methoxy groups -OCH3 is 1. The van der Waals surface area contributed by atoms with Crippen LogP contribution in [-0.4, -0.2) is 34.3 Å². The van der Waals surface area contributed by atoms with Gasteiger partial charge >= 0.3 is 12.1 Å². The Morgan fingerprint density at radius 1 is 1.14 bits per heavy atom. The third-order valence-corrected chi connectivity index (χ3v) is 2.78. The molecule has 0 radical (unpaired) electrons. The lowest BCUT2D eigenvalue weighted by Crippen LogP contribution is -2.29. The maximum absolute atomic E-state index is 12.5. The zero-order valence-corrected chi connectivity index (χ0v) is 13.0. The molecule has 0 saturated carbocycles. The monoisotopic (exact) mass is 302 g/mol. The highest BCUT2D eigenvalue weighted by Crippen LogP contribution is 2.23. The van der Waals surface area contributed by atoms with Gasteiger partial charge in [0.15, 0.2) is 0 Å². The molecule has 0 amide bonds. The number of esters is 1. The van der Waals surface area contributed by atoms with E-state index in [9.17, 15) is 9.59 Å². The molecular weight excluding hydrogens is 284 g/mol. The fourth-order valence-corrected chi connectivity index (χ4v) is 1.92. The summed E-state index contributed by atoms with van der Waals surface area (Å²) >= 11 is 0. The summed E-state index contributed by atoms with van der Waals surface area (Å²) in [7, 11) is 1.26. The minimum absolute atomic E-state index is 0.0948. The van der Waals surface area contributed by atoms with Gasteiger partial charge in [-0.1, -0.05) is 6.07 Å². The molecule has 2 aromatic heterocycles. The van der Waals surface area contributed by atoms with Crippen molar-refractivity contribution in [1.29, 1.82) is 0 Å². The standard InChI is InChI=1S/C16H18N2O4/c1-16(2,3)22-15(20)18-12(11-7-5-6-10-17-11)8-9-13(18)14(19)21-4/h5-10H,1-4H3. The second kappa shape index (κ2) is 6.01. The topological polar surface area (TPSA) is 70.4 Å². The zero-order valence-electron chi connectivity index (χ0n) is 13.0. The summed E-state index contributed by atoms with van der Waals surface area (Å²) in [6.07, 6.45) is 0.957. The van der Waals surface area contributed by atoms with Crippen molar-refractivity contribution >= 4 is 12.1 Å². The molecular formula is C16H18N2O4. The van der Waals surface area contributed by atoms with Gasteiger partial charge < -0.3 is 9.47 Å². The highest BCUT2D eigenvalue weighted by atomic mass is 16.6. The molecule has 0 N–H and O–H groups in total. The van der Waals surface area contributed by atoms with E-state index in [2.05, 4.69) is 4.98 Å². The number of rotatable bonds is 2. The van der Waals surface area contributed by atoms with E-state index in [0.29, 0.717) is 11.4 Å². The van der Waals surface area contributed by atoms with Crippen LogP contribution < -0.4 is 0 Å². The van der Waals surface area contributed by atoms with Crippen molar-refractivity contribution in [2.45, 2.75) is 26.4 Å². The van der Waals surface area contributed by atoms with Crippen LogP contribution in [0.3, 0.4) is 0 Å². The van der Waals surface area contributed by atoms with Gasteiger partial charge in [0.25, 0.3) is 0 Å². The second-order valence-electron chi connectivity index (χ2n) is 5.63. The van der Waals surface area contributed by atoms with Crippen LogP contribution in [-0.2, 0) is 9.47 Å². The highest BCUT2D eigenvalue weighted by molar-refractivity contribution is 5.94. The van der Waals surface area contributed by atoms with E-state index in [4.69, 9.17) is 9.47 Å². The summed E-state index contributed by atoms with van der Waals surface area (Å²) in [4.78, 5) is 28.5. The number of carbonyl (C=O) groups is 2. The molecule has 0 saturated heterocycles. The number of ether oxygens (including phenoxy) is 2. The lowest BCUT2D eigenvalue weighted by molar-refractivity contribution is 0.0486. The molecule has 2 aromatic rings. The first-order valence-corrected chi connectivity index (χ1v) is 6.78. The van der Waals surface area contributed by atoms with Gasteiger partial charge in [0, 0.05) is 6.20 Å². The molecule has 116 valence electrons. The summed E-state index contributed by atoms with van der Waals surface area (Å²) in [6.45, 7) is 5.27. The van der Waals surface area contributed by atoms with Crippen LogP contribution >= 0.6 is 0 Å². The Hall–Kier alpha value is -2.63. The van der Waals surface area contributed by atoms with Crippen molar-refractivity contribution in [2.75, 3.05) is 7.11 Å². The molecule has 0 bridgehead atoms. The van der Waals surface area contributed by atoms with Gasteiger partial charge in [0.1, 0.15) is 11.3 Å². The van der Waals surface area contributed by atoms with E-state index in [1.807, 2.05) is 0 Å². The number of hydrogen-bond acceptors (Lipinski definition) is 5. The minimum atomic E-state index is -0.684. The predicted octanol–water partition coefficient (Wildman–Crippen LogP) is 3.12. The number of hydrogen-bond donors (Lipinski definition) is 0. The number of nitrogens with zero attached hydrogens (tertiary/aromatic N) is 2.